The van der Waals surface area contributed by atoms with Crippen LogP contribution in [0.5, 0.6) is 11.5 Å². The van der Waals surface area contributed by atoms with E-state index in [2.05, 4.69) is 10.3 Å². The topological polar surface area (TPSA) is 60.5 Å². The number of carbonyl (C=O) groups is 1. The van der Waals surface area contributed by atoms with Gasteiger partial charge in [0.05, 0.1) is 5.69 Å². The Balaban J connectivity index is 1.25. The number of amides is 1. The standard InChI is InChI=1S/C19H20N2O3S/c22-18(8-14(11-1-2-11)12-3-4-12)21-19-20-15(9-25-19)13-5-6-16-17(7-13)24-10-23-16/h5-7,9,11-12,14H,1-4,8,10H2,(H,20,21,22). The van der Waals surface area contributed by atoms with Crippen molar-refractivity contribution in [2.75, 3.05) is 12.1 Å². The molecule has 0 unspecified atom stereocenters. The molecule has 1 aromatic heterocycles. The molecule has 0 radical (unpaired) electrons. The first-order chi connectivity index (χ1) is 12.3. The van der Waals surface area contributed by atoms with E-state index in [9.17, 15) is 4.79 Å². The molecule has 25 heavy (non-hydrogen) atoms. The Morgan fingerprint density at radius 3 is 2.72 bits per heavy atom. The molecular formula is C19H20N2O3S. The molecule has 1 aliphatic heterocycles. The van der Waals surface area contributed by atoms with Crippen LogP contribution < -0.4 is 14.8 Å². The number of hydrogen-bond donors (Lipinski definition) is 1. The molecule has 0 spiro atoms. The van der Waals surface area contributed by atoms with E-state index in [1.54, 1.807) is 0 Å². The van der Waals surface area contributed by atoms with E-state index in [4.69, 9.17) is 9.47 Å². The van der Waals surface area contributed by atoms with Gasteiger partial charge in [0, 0.05) is 17.4 Å². The number of aromatic nitrogens is 1. The summed E-state index contributed by atoms with van der Waals surface area (Å²) in [5, 5.41) is 5.63. The molecule has 3 aliphatic rings. The highest BCUT2D eigenvalue weighted by Gasteiger charge is 2.42. The summed E-state index contributed by atoms with van der Waals surface area (Å²) in [5.74, 6) is 3.78. The van der Waals surface area contributed by atoms with Crippen LogP contribution in [0.25, 0.3) is 11.3 Å². The third kappa shape index (κ3) is 3.23. The van der Waals surface area contributed by atoms with E-state index in [1.165, 1.54) is 37.0 Å². The molecule has 1 aromatic carbocycles. The molecule has 0 bridgehead atoms. The Hall–Kier alpha value is -2.08. The van der Waals surface area contributed by atoms with Crippen molar-refractivity contribution in [3.63, 3.8) is 0 Å². The van der Waals surface area contributed by atoms with Gasteiger partial charge in [0.1, 0.15) is 0 Å². The predicted molar refractivity (Wildman–Crippen MR) is 95.9 cm³/mol. The van der Waals surface area contributed by atoms with Crippen molar-refractivity contribution in [3.05, 3.63) is 23.6 Å². The number of thiazole rings is 1. The summed E-state index contributed by atoms with van der Waals surface area (Å²) in [5.41, 5.74) is 1.81. The first-order valence-corrected chi connectivity index (χ1v) is 9.79. The third-order valence-corrected chi connectivity index (χ3v) is 6.05. The number of rotatable bonds is 6. The first kappa shape index (κ1) is 15.2. The Kier molecular flexibility index (Phi) is 3.66. The van der Waals surface area contributed by atoms with Crippen LogP contribution in [-0.4, -0.2) is 17.7 Å². The Morgan fingerprint density at radius 2 is 1.96 bits per heavy atom. The highest BCUT2D eigenvalue weighted by molar-refractivity contribution is 7.14. The summed E-state index contributed by atoms with van der Waals surface area (Å²) < 4.78 is 10.8. The van der Waals surface area contributed by atoms with Crippen molar-refractivity contribution in [1.29, 1.82) is 0 Å². The Bertz CT molecular complexity index is 799. The fourth-order valence-electron chi connectivity index (χ4n) is 3.67. The molecule has 0 atom stereocenters. The van der Waals surface area contributed by atoms with Gasteiger partial charge >= 0.3 is 0 Å². The van der Waals surface area contributed by atoms with Gasteiger partial charge in [0.2, 0.25) is 12.7 Å². The lowest BCUT2D eigenvalue weighted by atomic mass is 9.94. The maximum atomic E-state index is 12.4. The lowest BCUT2D eigenvalue weighted by Gasteiger charge is -2.14. The highest BCUT2D eigenvalue weighted by atomic mass is 32.1. The number of anilines is 1. The van der Waals surface area contributed by atoms with Gasteiger partial charge in [-0.15, -0.1) is 11.3 Å². The maximum absolute atomic E-state index is 12.4. The summed E-state index contributed by atoms with van der Waals surface area (Å²) >= 11 is 1.47. The molecule has 130 valence electrons. The number of benzene rings is 1. The van der Waals surface area contributed by atoms with Gasteiger partial charge in [-0.05, 0) is 61.6 Å². The predicted octanol–water partition coefficient (Wildman–Crippen LogP) is 4.30. The molecule has 1 N–H and O–H groups in total. The molecule has 6 heteroatoms. The van der Waals surface area contributed by atoms with Crippen LogP contribution in [-0.2, 0) is 4.79 Å². The molecule has 5 rings (SSSR count). The number of carbonyl (C=O) groups excluding carboxylic acids is 1. The SMILES string of the molecule is O=C(CC(C1CC1)C1CC1)Nc1nc(-c2ccc3c(c2)OCO3)cs1. The van der Waals surface area contributed by atoms with E-state index in [1.807, 2.05) is 23.6 Å². The van der Waals surface area contributed by atoms with Crippen LogP contribution in [0.1, 0.15) is 32.1 Å². The van der Waals surface area contributed by atoms with E-state index < -0.39 is 0 Å². The van der Waals surface area contributed by atoms with Gasteiger partial charge in [-0.1, -0.05) is 0 Å². The van der Waals surface area contributed by atoms with Gasteiger partial charge in [-0.25, -0.2) is 4.98 Å². The normalized spacial score (nSPS) is 18.6. The molecule has 1 amide bonds. The van der Waals surface area contributed by atoms with Crippen molar-refractivity contribution >= 4 is 22.4 Å². The zero-order chi connectivity index (χ0) is 16.8. The van der Waals surface area contributed by atoms with Crippen LogP contribution in [0.4, 0.5) is 5.13 Å². The number of hydrogen-bond acceptors (Lipinski definition) is 5. The second-order valence-electron chi connectivity index (χ2n) is 7.20. The second-order valence-corrected chi connectivity index (χ2v) is 8.06. The summed E-state index contributed by atoms with van der Waals surface area (Å²) in [6, 6.07) is 5.79. The van der Waals surface area contributed by atoms with Crippen molar-refractivity contribution in [1.82, 2.24) is 4.98 Å². The second kappa shape index (κ2) is 6.02. The molecule has 5 nitrogen and oxygen atoms in total. The van der Waals surface area contributed by atoms with Gasteiger partial charge in [-0.3, -0.25) is 4.79 Å². The van der Waals surface area contributed by atoms with Gasteiger partial charge in [-0.2, -0.15) is 0 Å². The van der Waals surface area contributed by atoms with Crippen LogP contribution in [0, 0.1) is 17.8 Å². The average Bonchev–Trinajstić information content (AvgIpc) is 3.53. The zero-order valence-electron chi connectivity index (χ0n) is 13.9. The zero-order valence-corrected chi connectivity index (χ0v) is 14.7. The number of ether oxygens (including phenoxy) is 2. The molecule has 2 aliphatic carbocycles. The summed E-state index contributed by atoms with van der Waals surface area (Å²) in [7, 11) is 0. The highest BCUT2D eigenvalue weighted by Crippen LogP contribution is 2.50. The fourth-order valence-corrected chi connectivity index (χ4v) is 4.41. The summed E-state index contributed by atoms with van der Waals surface area (Å²) in [6.45, 7) is 0.264. The molecule has 2 aromatic rings. The van der Waals surface area contributed by atoms with Crippen molar-refractivity contribution in [2.24, 2.45) is 17.8 Å². The van der Waals surface area contributed by atoms with Crippen molar-refractivity contribution < 1.29 is 14.3 Å². The smallest absolute Gasteiger partial charge is 0.231 e. The molecule has 0 saturated heterocycles. The minimum Gasteiger partial charge on any atom is -0.454 e. The van der Waals surface area contributed by atoms with E-state index in [-0.39, 0.29) is 12.7 Å². The Morgan fingerprint density at radius 1 is 1.20 bits per heavy atom. The van der Waals surface area contributed by atoms with E-state index in [0.29, 0.717) is 17.5 Å². The third-order valence-electron chi connectivity index (χ3n) is 5.29. The minimum atomic E-state index is 0.107. The quantitative estimate of drug-likeness (QED) is 0.838. The molecular weight excluding hydrogens is 336 g/mol. The number of nitrogens with zero attached hydrogens (tertiary/aromatic N) is 1. The largest absolute Gasteiger partial charge is 0.454 e. The van der Waals surface area contributed by atoms with E-state index in [0.717, 1.165) is 34.6 Å². The average molecular weight is 356 g/mol. The minimum absolute atomic E-state index is 0.107. The molecule has 2 saturated carbocycles. The fraction of sp³-hybridized carbons (Fsp3) is 0.474. The van der Waals surface area contributed by atoms with Crippen LogP contribution >= 0.6 is 11.3 Å². The monoisotopic (exact) mass is 356 g/mol. The number of nitrogens with one attached hydrogen (secondary N) is 1. The van der Waals surface area contributed by atoms with Crippen molar-refractivity contribution in [3.8, 4) is 22.8 Å². The summed E-state index contributed by atoms with van der Waals surface area (Å²) in [4.78, 5) is 17.0. The summed E-state index contributed by atoms with van der Waals surface area (Å²) in [6.07, 6.45) is 5.87. The van der Waals surface area contributed by atoms with Gasteiger partial charge < -0.3 is 14.8 Å². The lowest BCUT2D eigenvalue weighted by Crippen LogP contribution is -2.19. The number of fused-ring (bicyclic) bond motifs is 1. The van der Waals surface area contributed by atoms with Crippen LogP contribution in [0.15, 0.2) is 23.6 Å². The van der Waals surface area contributed by atoms with Gasteiger partial charge in [0.25, 0.3) is 0 Å². The lowest BCUT2D eigenvalue weighted by molar-refractivity contribution is -0.117. The van der Waals surface area contributed by atoms with Gasteiger partial charge in [0.15, 0.2) is 16.6 Å². The van der Waals surface area contributed by atoms with Crippen LogP contribution in [0.2, 0.25) is 0 Å². The van der Waals surface area contributed by atoms with Crippen LogP contribution in [0.3, 0.4) is 0 Å². The molecule has 2 heterocycles. The van der Waals surface area contributed by atoms with Crippen molar-refractivity contribution in [2.45, 2.75) is 32.1 Å². The Labute approximate surface area is 150 Å². The molecule has 2 fully saturated rings. The van der Waals surface area contributed by atoms with E-state index >= 15 is 0 Å². The first-order valence-electron chi connectivity index (χ1n) is 8.91. The maximum Gasteiger partial charge on any atom is 0.231 e.